The lowest BCUT2D eigenvalue weighted by molar-refractivity contribution is 1.10. The summed E-state index contributed by atoms with van der Waals surface area (Å²) in [6.07, 6.45) is 0. The predicted molar refractivity (Wildman–Crippen MR) is 256 cm³/mol. The molecule has 3 aromatic heterocycles. The van der Waals surface area contributed by atoms with Crippen LogP contribution < -0.4 is 0 Å². The van der Waals surface area contributed by atoms with Crippen LogP contribution in [0.15, 0.2) is 206 Å². The van der Waals surface area contributed by atoms with Gasteiger partial charge in [0.25, 0.3) is 0 Å². The molecule has 0 N–H and O–H groups in total. The zero-order valence-corrected chi connectivity index (χ0v) is 33.9. The van der Waals surface area contributed by atoms with E-state index in [1.807, 2.05) is 0 Å². The van der Waals surface area contributed by atoms with Crippen molar-refractivity contribution in [1.29, 1.82) is 0 Å². The highest BCUT2D eigenvalue weighted by molar-refractivity contribution is 6.13. The highest BCUT2D eigenvalue weighted by Gasteiger charge is 2.20. The first-order chi connectivity index (χ1) is 30.1. The zero-order chi connectivity index (χ0) is 40.6. The second-order valence-electron chi connectivity index (χ2n) is 16.1. The summed E-state index contributed by atoms with van der Waals surface area (Å²) in [5, 5.41) is 4.93. The Morgan fingerprint density at radius 2 is 0.803 bits per heavy atom. The Kier molecular flexibility index (Phi) is 7.94. The van der Waals surface area contributed by atoms with E-state index in [0.717, 1.165) is 39.5 Å². The summed E-state index contributed by atoms with van der Waals surface area (Å²) in [6.45, 7) is 4.45. The van der Waals surface area contributed by atoms with E-state index in [0.29, 0.717) is 0 Å². The Hall–Kier alpha value is -7.95. The van der Waals surface area contributed by atoms with Crippen LogP contribution in [0.1, 0.15) is 11.1 Å². The molecule has 0 aliphatic rings. The third-order valence-corrected chi connectivity index (χ3v) is 12.5. The lowest BCUT2D eigenvalue weighted by Crippen LogP contribution is -1.99. The highest BCUT2D eigenvalue weighted by atomic mass is 15.1. The highest BCUT2D eigenvalue weighted by Crippen LogP contribution is 2.41. The van der Waals surface area contributed by atoms with Gasteiger partial charge in [0.2, 0.25) is 0 Å². The molecule has 0 saturated heterocycles. The number of benzene rings is 9. The van der Waals surface area contributed by atoms with Crippen molar-refractivity contribution in [3.63, 3.8) is 0 Å². The minimum absolute atomic E-state index is 0.954. The van der Waals surface area contributed by atoms with Crippen LogP contribution in [0.5, 0.6) is 0 Å². The summed E-state index contributed by atoms with van der Waals surface area (Å²) in [4.78, 5) is 5.21. The van der Waals surface area contributed by atoms with E-state index in [1.165, 1.54) is 77.0 Å². The molecule has 0 amide bonds. The Labute approximate surface area is 353 Å². The van der Waals surface area contributed by atoms with Crippen molar-refractivity contribution in [3.05, 3.63) is 217 Å². The van der Waals surface area contributed by atoms with Crippen LogP contribution in [0.4, 0.5) is 0 Å². The molecule has 288 valence electrons. The van der Waals surface area contributed by atoms with Gasteiger partial charge in [-0.2, -0.15) is 0 Å². The molecule has 0 aliphatic heterocycles. The van der Waals surface area contributed by atoms with E-state index in [-0.39, 0.29) is 0 Å². The van der Waals surface area contributed by atoms with Gasteiger partial charge in [0.05, 0.1) is 33.1 Å². The number of aryl methyl sites for hydroxylation is 2. The number of para-hydroxylation sites is 5. The SMILES string of the molecule is Cc1cc(-c2nc3ccccc3n2-c2ccccc2)c(C)cc1-c1ccc2c(c1)c1cc(-n3c4ccccc4c4cc(-c5ccccc5)ccc43)ccc1n2-c1ccccc1. The lowest BCUT2D eigenvalue weighted by atomic mass is 9.93. The maximum Gasteiger partial charge on any atom is 0.146 e. The van der Waals surface area contributed by atoms with Crippen molar-refractivity contribution in [2.75, 3.05) is 0 Å². The quantitative estimate of drug-likeness (QED) is 0.165. The smallest absolute Gasteiger partial charge is 0.146 e. The topological polar surface area (TPSA) is 27.7 Å². The average Bonchev–Trinajstić information content (AvgIpc) is 3.98. The maximum absolute atomic E-state index is 5.21. The van der Waals surface area contributed by atoms with Gasteiger partial charge in [-0.25, -0.2) is 4.98 Å². The van der Waals surface area contributed by atoms with Gasteiger partial charge in [-0.3, -0.25) is 4.57 Å². The van der Waals surface area contributed by atoms with E-state index in [4.69, 9.17) is 4.98 Å². The minimum atomic E-state index is 0.954. The largest absolute Gasteiger partial charge is 0.309 e. The third kappa shape index (κ3) is 5.57. The Bertz CT molecular complexity index is 3650. The molecule has 0 unspecified atom stereocenters. The number of hydrogen-bond acceptors (Lipinski definition) is 1. The van der Waals surface area contributed by atoms with Crippen molar-refractivity contribution >= 4 is 54.6 Å². The van der Waals surface area contributed by atoms with E-state index in [1.54, 1.807) is 0 Å². The van der Waals surface area contributed by atoms with Crippen molar-refractivity contribution in [2.45, 2.75) is 13.8 Å². The molecule has 3 heterocycles. The number of fused-ring (bicyclic) bond motifs is 7. The molecule has 0 aliphatic carbocycles. The maximum atomic E-state index is 5.21. The fraction of sp³-hybridized carbons (Fsp3) is 0.0351. The van der Waals surface area contributed by atoms with Crippen LogP contribution in [0, 0.1) is 13.8 Å². The zero-order valence-electron chi connectivity index (χ0n) is 33.9. The molecule has 9 aromatic carbocycles. The molecule has 0 bridgehead atoms. The minimum Gasteiger partial charge on any atom is -0.309 e. The summed E-state index contributed by atoms with van der Waals surface area (Å²) >= 11 is 0. The van der Waals surface area contributed by atoms with E-state index in [9.17, 15) is 0 Å². The first kappa shape index (κ1) is 35.0. The van der Waals surface area contributed by atoms with Gasteiger partial charge in [0.1, 0.15) is 5.82 Å². The fourth-order valence-electron chi connectivity index (χ4n) is 9.65. The summed E-state index contributed by atoms with van der Waals surface area (Å²) in [5.74, 6) is 0.954. The molecule has 0 fully saturated rings. The molecule has 61 heavy (non-hydrogen) atoms. The molecule has 0 radical (unpaired) electrons. The van der Waals surface area contributed by atoms with Crippen LogP contribution >= 0.6 is 0 Å². The van der Waals surface area contributed by atoms with Crippen LogP contribution in [-0.4, -0.2) is 18.7 Å². The van der Waals surface area contributed by atoms with Crippen LogP contribution in [0.25, 0.3) is 105 Å². The van der Waals surface area contributed by atoms with E-state index < -0.39 is 0 Å². The third-order valence-electron chi connectivity index (χ3n) is 12.5. The van der Waals surface area contributed by atoms with E-state index >= 15 is 0 Å². The van der Waals surface area contributed by atoms with Gasteiger partial charge in [0, 0.05) is 44.2 Å². The molecule has 4 heteroatoms. The Morgan fingerprint density at radius 1 is 0.311 bits per heavy atom. The lowest BCUT2D eigenvalue weighted by Gasteiger charge is -2.15. The Morgan fingerprint density at radius 3 is 1.54 bits per heavy atom. The summed E-state index contributed by atoms with van der Waals surface area (Å²) < 4.78 is 7.13. The number of nitrogens with zero attached hydrogens (tertiary/aromatic N) is 4. The molecule has 12 rings (SSSR count). The van der Waals surface area contributed by atoms with Gasteiger partial charge < -0.3 is 9.13 Å². The predicted octanol–water partition coefficient (Wildman–Crippen LogP) is 14.8. The number of aromatic nitrogens is 4. The molecule has 0 atom stereocenters. The number of rotatable bonds is 6. The molecule has 0 spiro atoms. The average molecular weight is 781 g/mol. The van der Waals surface area contributed by atoms with E-state index in [2.05, 4.69) is 234 Å². The van der Waals surface area contributed by atoms with Crippen LogP contribution in [-0.2, 0) is 0 Å². The second-order valence-corrected chi connectivity index (χ2v) is 16.1. The number of hydrogen-bond donors (Lipinski definition) is 0. The standard InChI is InChI=1S/C57H40N4/c1-37-33-47(57-58-51-23-13-15-25-56(51)61(57)43-20-10-5-11-21-43)38(2)32-46(37)41-27-30-54-49(35-41)50-36-44(28-31-55(50)59(54)42-18-8-4-9-19-42)60-52-24-14-12-22-45(52)48-34-40(26-29-53(48)60)39-16-6-3-7-17-39/h3-36H,1-2H3. The normalized spacial score (nSPS) is 11.8. The van der Waals surface area contributed by atoms with Crippen LogP contribution in [0.3, 0.4) is 0 Å². The molecular formula is C57H40N4. The van der Waals surface area contributed by atoms with Crippen LogP contribution in [0.2, 0.25) is 0 Å². The summed E-state index contributed by atoms with van der Waals surface area (Å²) in [6, 6.07) is 74.7. The van der Waals surface area contributed by atoms with Gasteiger partial charge >= 0.3 is 0 Å². The molecule has 0 saturated carbocycles. The summed E-state index contributed by atoms with van der Waals surface area (Å²) in [5.41, 5.74) is 18.6. The van der Waals surface area contributed by atoms with Gasteiger partial charge in [0.15, 0.2) is 0 Å². The van der Waals surface area contributed by atoms with Crippen molar-refractivity contribution in [2.24, 2.45) is 0 Å². The molecule has 12 aromatic rings. The first-order valence-electron chi connectivity index (χ1n) is 21.0. The number of imidazole rings is 1. The summed E-state index contributed by atoms with van der Waals surface area (Å²) in [7, 11) is 0. The first-order valence-corrected chi connectivity index (χ1v) is 21.0. The molecule has 4 nitrogen and oxygen atoms in total. The van der Waals surface area contributed by atoms with Gasteiger partial charge in [-0.05, 0) is 138 Å². The van der Waals surface area contributed by atoms with Gasteiger partial charge in [-0.15, -0.1) is 0 Å². The molecular weight excluding hydrogens is 741 g/mol. The van der Waals surface area contributed by atoms with Crippen molar-refractivity contribution in [1.82, 2.24) is 18.7 Å². The van der Waals surface area contributed by atoms with Crippen molar-refractivity contribution < 1.29 is 0 Å². The van der Waals surface area contributed by atoms with Gasteiger partial charge in [-0.1, -0.05) is 115 Å². The Balaban J connectivity index is 1.04. The second kappa shape index (κ2) is 13.8. The van der Waals surface area contributed by atoms with Crippen molar-refractivity contribution in [3.8, 4) is 50.7 Å². The monoisotopic (exact) mass is 780 g/mol. The fourth-order valence-corrected chi connectivity index (χ4v) is 9.65.